The molecule has 0 fully saturated rings. The molecule has 0 aliphatic carbocycles. The van der Waals surface area contributed by atoms with E-state index in [-0.39, 0.29) is 5.82 Å². The summed E-state index contributed by atoms with van der Waals surface area (Å²) in [4.78, 5) is 0. The standard InChI is InChI=1S/C26H21FO/c1-18-5-8-21(9-6-18)11-14-24-20(3)16-22(17-26(24)28-4)10-13-23-12-7-19(2)15-25(23)27/h5-9,12,15-17H,1-4H3. The van der Waals surface area contributed by atoms with Crippen molar-refractivity contribution in [2.75, 3.05) is 7.11 Å². The number of hydrogen-bond acceptors (Lipinski definition) is 1. The Morgan fingerprint density at radius 3 is 2.07 bits per heavy atom. The number of methoxy groups -OCH3 is 1. The summed E-state index contributed by atoms with van der Waals surface area (Å²) in [5.74, 6) is 12.7. The molecular weight excluding hydrogens is 347 g/mol. The molecule has 0 unspecified atom stereocenters. The minimum absolute atomic E-state index is 0.309. The van der Waals surface area contributed by atoms with Gasteiger partial charge in [-0.15, -0.1) is 0 Å². The summed E-state index contributed by atoms with van der Waals surface area (Å²) < 4.78 is 19.5. The van der Waals surface area contributed by atoms with Crippen LogP contribution in [0.4, 0.5) is 4.39 Å². The third-order valence-corrected chi connectivity index (χ3v) is 4.37. The molecule has 0 amide bonds. The van der Waals surface area contributed by atoms with Gasteiger partial charge in [0, 0.05) is 11.1 Å². The van der Waals surface area contributed by atoms with Crippen LogP contribution in [-0.4, -0.2) is 7.11 Å². The minimum atomic E-state index is -0.309. The van der Waals surface area contributed by atoms with Crippen molar-refractivity contribution in [3.05, 3.63) is 99.4 Å². The van der Waals surface area contributed by atoms with Crippen LogP contribution in [0.15, 0.2) is 54.6 Å². The molecule has 0 atom stereocenters. The van der Waals surface area contributed by atoms with Crippen molar-refractivity contribution in [3.8, 4) is 29.4 Å². The van der Waals surface area contributed by atoms with Gasteiger partial charge in [0.05, 0.1) is 18.2 Å². The maximum Gasteiger partial charge on any atom is 0.139 e. The zero-order valence-electron chi connectivity index (χ0n) is 16.5. The SMILES string of the molecule is COc1cc(C#Cc2ccc(C)cc2F)cc(C)c1C#Cc1ccc(C)cc1. The summed E-state index contributed by atoms with van der Waals surface area (Å²) in [6, 6.07) is 16.9. The van der Waals surface area contributed by atoms with Gasteiger partial charge in [0.1, 0.15) is 11.6 Å². The lowest BCUT2D eigenvalue weighted by atomic mass is 10.0. The normalized spacial score (nSPS) is 9.75. The van der Waals surface area contributed by atoms with E-state index in [2.05, 4.69) is 23.7 Å². The molecule has 2 heteroatoms. The summed E-state index contributed by atoms with van der Waals surface area (Å²) in [6.07, 6.45) is 0. The molecular formula is C26H21FO. The van der Waals surface area contributed by atoms with Crippen molar-refractivity contribution in [2.45, 2.75) is 20.8 Å². The van der Waals surface area contributed by atoms with Crippen molar-refractivity contribution in [3.63, 3.8) is 0 Å². The Balaban J connectivity index is 1.94. The number of aryl methyl sites for hydroxylation is 3. The predicted molar refractivity (Wildman–Crippen MR) is 112 cm³/mol. The van der Waals surface area contributed by atoms with E-state index in [0.29, 0.717) is 11.3 Å². The highest BCUT2D eigenvalue weighted by Gasteiger charge is 2.06. The number of hydrogen-bond donors (Lipinski definition) is 0. The molecule has 3 rings (SSSR count). The summed E-state index contributed by atoms with van der Waals surface area (Å²) in [7, 11) is 1.61. The summed E-state index contributed by atoms with van der Waals surface area (Å²) in [5.41, 5.74) is 5.96. The van der Waals surface area contributed by atoms with E-state index in [1.165, 1.54) is 11.6 Å². The molecule has 0 aromatic heterocycles. The first-order valence-corrected chi connectivity index (χ1v) is 9.02. The van der Waals surface area contributed by atoms with E-state index >= 15 is 0 Å². The number of rotatable bonds is 1. The second kappa shape index (κ2) is 8.47. The minimum Gasteiger partial charge on any atom is -0.495 e. The molecule has 0 saturated heterocycles. The van der Waals surface area contributed by atoms with Gasteiger partial charge in [-0.3, -0.25) is 0 Å². The van der Waals surface area contributed by atoms with Crippen LogP contribution in [0.1, 0.15) is 38.9 Å². The van der Waals surface area contributed by atoms with E-state index in [1.54, 1.807) is 13.2 Å². The Hall–Kier alpha value is -3.49. The smallest absolute Gasteiger partial charge is 0.139 e. The molecule has 0 N–H and O–H groups in total. The molecule has 1 nitrogen and oxygen atoms in total. The van der Waals surface area contributed by atoms with Crippen molar-refractivity contribution < 1.29 is 9.13 Å². The lowest BCUT2D eigenvalue weighted by molar-refractivity contribution is 0.413. The average Bonchev–Trinajstić information content (AvgIpc) is 2.67. The highest BCUT2D eigenvalue weighted by molar-refractivity contribution is 5.58. The Bertz CT molecular complexity index is 1130. The Morgan fingerprint density at radius 2 is 1.39 bits per heavy atom. The van der Waals surface area contributed by atoms with Crippen molar-refractivity contribution >= 4 is 0 Å². The van der Waals surface area contributed by atoms with Gasteiger partial charge >= 0.3 is 0 Å². The van der Waals surface area contributed by atoms with Crippen LogP contribution in [0.2, 0.25) is 0 Å². The maximum atomic E-state index is 14.0. The van der Waals surface area contributed by atoms with Gasteiger partial charge in [-0.05, 0) is 68.3 Å². The second-order valence-electron chi connectivity index (χ2n) is 6.72. The quantitative estimate of drug-likeness (QED) is 0.511. The van der Waals surface area contributed by atoms with E-state index < -0.39 is 0 Å². The van der Waals surface area contributed by atoms with Crippen LogP contribution >= 0.6 is 0 Å². The average molecular weight is 368 g/mol. The van der Waals surface area contributed by atoms with Gasteiger partial charge in [-0.25, -0.2) is 4.39 Å². The van der Waals surface area contributed by atoms with Crippen molar-refractivity contribution in [1.29, 1.82) is 0 Å². The monoisotopic (exact) mass is 368 g/mol. The van der Waals surface area contributed by atoms with Gasteiger partial charge in [-0.1, -0.05) is 47.4 Å². The van der Waals surface area contributed by atoms with E-state index in [4.69, 9.17) is 4.74 Å². The van der Waals surface area contributed by atoms with E-state index in [9.17, 15) is 4.39 Å². The first kappa shape index (κ1) is 19.3. The molecule has 3 aromatic rings. The number of ether oxygens (including phenoxy) is 1. The largest absolute Gasteiger partial charge is 0.495 e. The fourth-order valence-electron chi connectivity index (χ4n) is 2.78. The Kier molecular flexibility index (Phi) is 5.83. The van der Waals surface area contributed by atoms with Crippen LogP contribution in [-0.2, 0) is 0 Å². The summed E-state index contributed by atoms with van der Waals surface area (Å²) >= 11 is 0. The van der Waals surface area contributed by atoms with Crippen LogP contribution in [0.3, 0.4) is 0 Å². The molecule has 0 radical (unpaired) electrons. The molecule has 0 bridgehead atoms. The zero-order chi connectivity index (χ0) is 20.1. The maximum absolute atomic E-state index is 14.0. The third-order valence-electron chi connectivity index (χ3n) is 4.37. The molecule has 138 valence electrons. The lowest BCUT2D eigenvalue weighted by Gasteiger charge is -2.07. The highest BCUT2D eigenvalue weighted by atomic mass is 19.1. The fourth-order valence-corrected chi connectivity index (χ4v) is 2.78. The fraction of sp³-hybridized carbons (Fsp3) is 0.154. The highest BCUT2D eigenvalue weighted by Crippen LogP contribution is 2.23. The van der Waals surface area contributed by atoms with Crippen LogP contribution in [0, 0.1) is 50.3 Å². The van der Waals surface area contributed by atoms with Crippen molar-refractivity contribution in [1.82, 2.24) is 0 Å². The van der Waals surface area contributed by atoms with Crippen molar-refractivity contribution in [2.24, 2.45) is 0 Å². The first-order chi connectivity index (χ1) is 13.5. The second-order valence-corrected chi connectivity index (χ2v) is 6.72. The lowest BCUT2D eigenvalue weighted by Crippen LogP contribution is -1.93. The van der Waals surface area contributed by atoms with Gasteiger partial charge in [0.25, 0.3) is 0 Å². The molecule has 28 heavy (non-hydrogen) atoms. The number of benzene rings is 3. The Labute approximate surface area is 166 Å². The van der Waals surface area contributed by atoms with Gasteiger partial charge in [-0.2, -0.15) is 0 Å². The zero-order valence-corrected chi connectivity index (χ0v) is 16.5. The van der Waals surface area contributed by atoms with Crippen LogP contribution < -0.4 is 4.74 Å². The van der Waals surface area contributed by atoms with Gasteiger partial charge in [0.15, 0.2) is 0 Å². The Morgan fingerprint density at radius 1 is 0.714 bits per heavy atom. The topological polar surface area (TPSA) is 9.23 Å². The molecule has 0 aliphatic heterocycles. The molecule has 0 spiro atoms. The van der Waals surface area contributed by atoms with Crippen LogP contribution in [0.5, 0.6) is 5.75 Å². The third kappa shape index (κ3) is 4.61. The first-order valence-electron chi connectivity index (χ1n) is 9.02. The molecule has 0 aliphatic rings. The predicted octanol–water partition coefficient (Wildman–Crippen LogP) is 5.56. The summed E-state index contributed by atoms with van der Waals surface area (Å²) in [6.45, 7) is 5.87. The number of halogens is 1. The molecule has 3 aromatic carbocycles. The van der Waals surface area contributed by atoms with Gasteiger partial charge in [0.2, 0.25) is 0 Å². The van der Waals surface area contributed by atoms with Crippen LogP contribution in [0.25, 0.3) is 0 Å². The molecule has 0 heterocycles. The van der Waals surface area contributed by atoms with E-state index in [1.807, 2.05) is 63.2 Å². The summed E-state index contributed by atoms with van der Waals surface area (Å²) in [5, 5.41) is 0. The van der Waals surface area contributed by atoms with E-state index in [0.717, 1.165) is 27.8 Å². The molecule has 0 saturated carbocycles. The van der Waals surface area contributed by atoms with Gasteiger partial charge < -0.3 is 4.74 Å².